The highest BCUT2D eigenvalue weighted by atomic mass is 35.5. The third-order valence-corrected chi connectivity index (χ3v) is 6.24. The third kappa shape index (κ3) is 3.28. The van der Waals surface area contributed by atoms with Crippen LogP contribution in [0.2, 0.25) is 5.02 Å². The van der Waals surface area contributed by atoms with Crippen LogP contribution >= 0.6 is 11.6 Å². The Morgan fingerprint density at radius 1 is 1.37 bits per heavy atom. The number of aliphatic hydroxyl groups is 1. The Labute approximate surface area is 163 Å². The molecule has 0 spiro atoms. The quantitative estimate of drug-likeness (QED) is 0.622. The highest BCUT2D eigenvalue weighted by Gasteiger charge is 2.65. The number of hydrogen-bond acceptors (Lipinski definition) is 6. The van der Waals surface area contributed by atoms with Gasteiger partial charge >= 0.3 is 5.97 Å². The van der Waals surface area contributed by atoms with E-state index in [9.17, 15) is 9.90 Å². The summed E-state index contributed by atoms with van der Waals surface area (Å²) in [6.45, 7) is 3.75. The van der Waals surface area contributed by atoms with Gasteiger partial charge in [-0.3, -0.25) is 0 Å². The molecule has 6 nitrogen and oxygen atoms in total. The lowest BCUT2D eigenvalue weighted by molar-refractivity contribution is -0.233. The number of rotatable bonds is 4. The van der Waals surface area contributed by atoms with Crippen LogP contribution < -0.4 is 0 Å². The van der Waals surface area contributed by atoms with Crippen LogP contribution in [0.25, 0.3) is 0 Å². The van der Waals surface area contributed by atoms with Crippen LogP contribution in [0.4, 0.5) is 0 Å². The van der Waals surface area contributed by atoms with E-state index in [4.69, 9.17) is 30.5 Å². The topological polar surface area (TPSA) is 74.2 Å². The maximum Gasteiger partial charge on any atom is 0.340 e. The van der Waals surface area contributed by atoms with Gasteiger partial charge in [0, 0.05) is 18.1 Å². The second kappa shape index (κ2) is 6.71. The van der Waals surface area contributed by atoms with Gasteiger partial charge in [0.25, 0.3) is 0 Å². The molecule has 1 heterocycles. The van der Waals surface area contributed by atoms with Crippen LogP contribution in [-0.2, 0) is 18.9 Å². The van der Waals surface area contributed by atoms with E-state index in [1.165, 1.54) is 13.2 Å². The van der Waals surface area contributed by atoms with Crippen LogP contribution in [0.1, 0.15) is 43.5 Å². The van der Waals surface area contributed by atoms with Gasteiger partial charge in [0.1, 0.15) is 5.60 Å². The molecule has 2 aliphatic carbocycles. The Morgan fingerprint density at radius 2 is 2.15 bits per heavy atom. The molecule has 1 aromatic carbocycles. The van der Waals surface area contributed by atoms with Crippen molar-refractivity contribution in [1.82, 2.24) is 0 Å². The van der Waals surface area contributed by atoms with Gasteiger partial charge in [-0.05, 0) is 57.2 Å². The summed E-state index contributed by atoms with van der Waals surface area (Å²) in [5.74, 6) is -1.21. The molecule has 4 rings (SSSR count). The fourth-order valence-corrected chi connectivity index (χ4v) is 5.24. The van der Waals surface area contributed by atoms with Crippen LogP contribution in [0.15, 0.2) is 24.3 Å². The molecule has 1 saturated heterocycles. The molecule has 0 radical (unpaired) electrons. The molecule has 0 amide bonds. The molecule has 0 bridgehead atoms. The number of carbonyl (C=O) groups excluding carboxylic acids is 1. The van der Waals surface area contributed by atoms with E-state index in [1.54, 1.807) is 18.2 Å². The van der Waals surface area contributed by atoms with E-state index >= 15 is 0 Å². The Balaban J connectivity index is 1.55. The fourth-order valence-electron chi connectivity index (χ4n) is 5.05. The summed E-state index contributed by atoms with van der Waals surface area (Å²) in [5, 5.41) is 12.0. The van der Waals surface area contributed by atoms with Crippen molar-refractivity contribution in [2.45, 2.75) is 63.0 Å². The van der Waals surface area contributed by atoms with Gasteiger partial charge in [-0.1, -0.05) is 17.7 Å². The summed E-state index contributed by atoms with van der Waals surface area (Å²) in [5.41, 5.74) is -1.01. The van der Waals surface area contributed by atoms with Crippen molar-refractivity contribution in [2.75, 3.05) is 7.11 Å². The second-order valence-electron chi connectivity index (χ2n) is 8.17. The summed E-state index contributed by atoms with van der Waals surface area (Å²) < 4.78 is 23.1. The number of methoxy groups -OCH3 is 1. The van der Waals surface area contributed by atoms with Crippen molar-refractivity contribution < 1.29 is 28.8 Å². The molecule has 6 atom stereocenters. The van der Waals surface area contributed by atoms with Gasteiger partial charge in [-0.2, -0.15) is 0 Å². The van der Waals surface area contributed by atoms with E-state index in [2.05, 4.69) is 0 Å². The molecule has 1 aliphatic heterocycles. The van der Waals surface area contributed by atoms with E-state index in [0.29, 0.717) is 17.0 Å². The largest absolute Gasteiger partial charge is 0.429 e. The summed E-state index contributed by atoms with van der Waals surface area (Å²) in [6, 6.07) is 6.50. The molecular weight excluding hydrogens is 372 g/mol. The first-order chi connectivity index (χ1) is 12.7. The lowest BCUT2D eigenvalue weighted by Crippen LogP contribution is -2.53. The summed E-state index contributed by atoms with van der Waals surface area (Å²) in [6.07, 6.45) is 0.750. The van der Waals surface area contributed by atoms with E-state index in [-0.39, 0.29) is 24.0 Å². The third-order valence-electron chi connectivity index (χ3n) is 6.01. The lowest BCUT2D eigenvalue weighted by Gasteiger charge is -2.38. The van der Waals surface area contributed by atoms with Gasteiger partial charge in [-0.15, -0.1) is 0 Å². The highest BCUT2D eigenvalue weighted by Crippen LogP contribution is 2.56. The maximum absolute atomic E-state index is 12.6. The average molecular weight is 397 g/mol. The number of ether oxygens (including phenoxy) is 4. The fraction of sp³-hybridized carbons (Fsp3) is 0.650. The Morgan fingerprint density at radius 3 is 2.85 bits per heavy atom. The van der Waals surface area contributed by atoms with Crippen molar-refractivity contribution in [3.63, 3.8) is 0 Å². The first kappa shape index (κ1) is 19.2. The standard InChI is InChI=1S/C20H25ClO6/c1-19(2)26-14-10-11-7-8-20(23,15(11)16(14)27-19)18(24-3)25-17(22)12-5-4-6-13(21)9-12/h4-6,9,11,14-16,18,23H,7-8,10H2,1-3H3/t11-,14-,15-,16-,18?,20?/m1/s1. The van der Waals surface area contributed by atoms with Crippen LogP contribution in [0.3, 0.4) is 0 Å². The van der Waals surface area contributed by atoms with Crippen molar-refractivity contribution in [3.05, 3.63) is 34.9 Å². The average Bonchev–Trinajstić information content (AvgIpc) is 3.20. The first-order valence-corrected chi connectivity index (χ1v) is 9.69. The van der Waals surface area contributed by atoms with Crippen LogP contribution in [0, 0.1) is 11.8 Å². The van der Waals surface area contributed by atoms with E-state index in [0.717, 1.165) is 12.8 Å². The van der Waals surface area contributed by atoms with Crippen molar-refractivity contribution in [1.29, 1.82) is 0 Å². The Bertz CT molecular complexity index is 737. The predicted octanol–water partition coefficient (Wildman–Crippen LogP) is 3.15. The molecule has 3 aliphatic rings. The first-order valence-electron chi connectivity index (χ1n) is 9.31. The van der Waals surface area contributed by atoms with Gasteiger partial charge in [-0.25, -0.2) is 4.79 Å². The van der Waals surface area contributed by atoms with Gasteiger partial charge in [0.05, 0.1) is 17.8 Å². The molecule has 2 unspecified atom stereocenters. The Hall–Kier alpha value is -1.18. The molecule has 1 N–H and O–H groups in total. The monoisotopic (exact) mass is 396 g/mol. The molecule has 7 heteroatoms. The number of hydrogen-bond donors (Lipinski definition) is 1. The molecule has 0 aromatic heterocycles. The number of benzene rings is 1. The van der Waals surface area contributed by atoms with Crippen molar-refractivity contribution in [2.24, 2.45) is 11.8 Å². The maximum atomic E-state index is 12.6. The minimum Gasteiger partial charge on any atom is -0.429 e. The number of esters is 1. The van der Waals surface area contributed by atoms with Crippen LogP contribution in [0.5, 0.6) is 0 Å². The van der Waals surface area contributed by atoms with Crippen molar-refractivity contribution >= 4 is 17.6 Å². The summed E-state index contributed by atoms with van der Waals surface area (Å²) >= 11 is 5.96. The zero-order valence-electron chi connectivity index (χ0n) is 15.7. The smallest absolute Gasteiger partial charge is 0.340 e. The summed E-state index contributed by atoms with van der Waals surface area (Å²) in [4.78, 5) is 12.6. The van der Waals surface area contributed by atoms with Crippen LogP contribution in [-0.4, -0.2) is 48.1 Å². The SMILES string of the molecule is COC(OC(=O)c1cccc(Cl)c1)C1(O)CC[C@@H]2C[C@H]3OC(C)(C)O[C@H]3[C@@H]21. The normalized spacial score (nSPS) is 37.7. The minimum absolute atomic E-state index is 0.0528. The summed E-state index contributed by atoms with van der Waals surface area (Å²) in [7, 11) is 1.43. The molecular formula is C20H25ClO6. The van der Waals surface area contributed by atoms with Gasteiger partial charge in [0.2, 0.25) is 6.29 Å². The zero-order chi connectivity index (χ0) is 19.4. The molecule has 3 fully saturated rings. The minimum atomic E-state index is -1.32. The van der Waals surface area contributed by atoms with E-state index in [1.807, 2.05) is 13.8 Å². The molecule has 27 heavy (non-hydrogen) atoms. The molecule has 148 valence electrons. The molecule has 2 saturated carbocycles. The van der Waals surface area contributed by atoms with Crippen molar-refractivity contribution in [3.8, 4) is 0 Å². The lowest BCUT2D eigenvalue weighted by atomic mass is 9.85. The second-order valence-corrected chi connectivity index (χ2v) is 8.61. The number of carbonyl (C=O) groups is 1. The van der Waals surface area contributed by atoms with E-state index < -0.39 is 23.6 Å². The number of halogens is 1. The van der Waals surface area contributed by atoms with Gasteiger partial charge in [0.15, 0.2) is 5.79 Å². The number of fused-ring (bicyclic) bond motifs is 3. The zero-order valence-corrected chi connectivity index (χ0v) is 16.4. The van der Waals surface area contributed by atoms with Gasteiger partial charge < -0.3 is 24.1 Å². The highest BCUT2D eigenvalue weighted by molar-refractivity contribution is 6.30. The molecule has 1 aromatic rings. The predicted molar refractivity (Wildman–Crippen MR) is 97.3 cm³/mol. The Kier molecular flexibility index (Phi) is 4.76.